The van der Waals surface area contributed by atoms with Crippen molar-refractivity contribution in [2.45, 2.75) is 32.1 Å². The molecule has 2 aromatic heterocycles. The Kier molecular flexibility index (Phi) is 5.77. The minimum atomic E-state index is 0.0395. The summed E-state index contributed by atoms with van der Waals surface area (Å²) in [6.07, 6.45) is 11.1. The van der Waals surface area contributed by atoms with E-state index < -0.39 is 0 Å². The number of amides is 1. The molecule has 27 heavy (non-hydrogen) atoms. The van der Waals surface area contributed by atoms with E-state index in [0.717, 1.165) is 50.2 Å². The van der Waals surface area contributed by atoms with Crippen molar-refractivity contribution in [1.82, 2.24) is 25.2 Å². The van der Waals surface area contributed by atoms with Gasteiger partial charge in [0.1, 0.15) is 5.52 Å². The summed E-state index contributed by atoms with van der Waals surface area (Å²) in [4.78, 5) is 30.3. The van der Waals surface area contributed by atoms with Crippen molar-refractivity contribution in [1.29, 1.82) is 0 Å². The Hall–Kier alpha value is -2.28. The number of anilines is 1. The predicted molar refractivity (Wildman–Crippen MR) is 106 cm³/mol. The maximum Gasteiger partial charge on any atom is 0.224 e. The number of hydrogen-bond donors (Lipinski definition) is 1. The summed E-state index contributed by atoms with van der Waals surface area (Å²) in [6, 6.07) is 2.02. The number of nitrogens with one attached hydrogen (secondary N) is 1. The average Bonchev–Trinajstić information content (AvgIpc) is 2.74. The number of carbonyl (C=O) groups excluding carboxylic acids is 1. The van der Waals surface area contributed by atoms with Crippen molar-refractivity contribution in [3.63, 3.8) is 0 Å². The summed E-state index contributed by atoms with van der Waals surface area (Å²) in [5.41, 5.74) is 2.47. The number of aromatic nitrogens is 3. The van der Waals surface area contributed by atoms with Gasteiger partial charge in [0.15, 0.2) is 5.65 Å². The zero-order valence-electron chi connectivity index (χ0n) is 15.8. The molecule has 2 fully saturated rings. The molecule has 2 saturated heterocycles. The Morgan fingerprint density at radius 1 is 1.07 bits per heavy atom. The smallest absolute Gasteiger partial charge is 0.224 e. The molecule has 0 unspecified atom stereocenters. The van der Waals surface area contributed by atoms with Crippen LogP contribution in [0.1, 0.15) is 32.1 Å². The summed E-state index contributed by atoms with van der Waals surface area (Å²) < 4.78 is 0. The average molecular weight is 368 g/mol. The first kappa shape index (κ1) is 18.1. The number of nitrogens with zero attached hydrogens (tertiary/aromatic N) is 5. The molecule has 2 aliphatic heterocycles. The standard InChI is InChI=1S/C20H28N6O/c27-20(23-8-12-25-9-2-1-3-10-25)16-5-4-11-26(15-16)17-13-18-19(24-14-17)22-7-6-21-18/h6-7,13-14,16H,1-5,8-12,15H2,(H,23,27)/t16-/m0/s1. The third-order valence-corrected chi connectivity index (χ3v) is 5.64. The summed E-state index contributed by atoms with van der Waals surface area (Å²) in [6.45, 7) is 5.75. The molecule has 1 amide bonds. The summed E-state index contributed by atoms with van der Waals surface area (Å²) in [7, 11) is 0. The van der Waals surface area contributed by atoms with Gasteiger partial charge in [-0.05, 0) is 44.8 Å². The van der Waals surface area contributed by atoms with Crippen LogP contribution in [0.4, 0.5) is 5.69 Å². The topological polar surface area (TPSA) is 74.2 Å². The van der Waals surface area contributed by atoms with Gasteiger partial charge in [-0.15, -0.1) is 0 Å². The van der Waals surface area contributed by atoms with E-state index in [0.29, 0.717) is 5.65 Å². The molecule has 4 heterocycles. The van der Waals surface area contributed by atoms with Crippen LogP contribution >= 0.6 is 0 Å². The fourth-order valence-electron chi connectivity index (χ4n) is 4.11. The van der Waals surface area contributed by atoms with E-state index in [2.05, 4.69) is 30.1 Å². The molecule has 0 bridgehead atoms. The number of hydrogen-bond acceptors (Lipinski definition) is 6. The lowest BCUT2D eigenvalue weighted by molar-refractivity contribution is -0.125. The molecule has 4 rings (SSSR count). The second-order valence-electron chi connectivity index (χ2n) is 7.57. The van der Waals surface area contributed by atoms with Gasteiger partial charge in [-0.1, -0.05) is 6.42 Å². The van der Waals surface area contributed by atoms with Crippen LogP contribution in [0.2, 0.25) is 0 Å². The molecule has 0 radical (unpaired) electrons. The van der Waals surface area contributed by atoms with Gasteiger partial charge in [0.2, 0.25) is 5.91 Å². The highest BCUT2D eigenvalue weighted by atomic mass is 16.1. The van der Waals surface area contributed by atoms with Crippen molar-refractivity contribution in [3.05, 3.63) is 24.7 Å². The maximum atomic E-state index is 12.6. The van der Waals surface area contributed by atoms with Crippen LogP contribution in [0.5, 0.6) is 0 Å². The normalized spacial score (nSPS) is 21.3. The third-order valence-electron chi connectivity index (χ3n) is 5.64. The Morgan fingerprint density at radius 2 is 1.93 bits per heavy atom. The summed E-state index contributed by atoms with van der Waals surface area (Å²) in [5, 5.41) is 3.16. The Labute approximate surface area is 160 Å². The van der Waals surface area contributed by atoms with E-state index in [4.69, 9.17) is 0 Å². The van der Waals surface area contributed by atoms with Gasteiger partial charge in [-0.25, -0.2) is 9.97 Å². The van der Waals surface area contributed by atoms with Crippen molar-refractivity contribution in [2.75, 3.05) is 44.2 Å². The quantitative estimate of drug-likeness (QED) is 0.868. The minimum Gasteiger partial charge on any atom is -0.369 e. The zero-order chi connectivity index (χ0) is 18.5. The van der Waals surface area contributed by atoms with Crippen LogP contribution in [0.15, 0.2) is 24.7 Å². The number of rotatable bonds is 5. The summed E-state index contributed by atoms with van der Waals surface area (Å²) in [5.74, 6) is 0.225. The Morgan fingerprint density at radius 3 is 2.81 bits per heavy atom. The van der Waals surface area contributed by atoms with Gasteiger partial charge in [0.25, 0.3) is 0 Å². The molecular formula is C20H28N6O. The lowest BCUT2D eigenvalue weighted by atomic mass is 9.96. The highest BCUT2D eigenvalue weighted by Crippen LogP contribution is 2.24. The molecule has 0 saturated carbocycles. The molecule has 1 N–H and O–H groups in total. The van der Waals surface area contributed by atoms with Crippen LogP contribution in [-0.2, 0) is 4.79 Å². The minimum absolute atomic E-state index is 0.0395. The van der Waals surface area contributed by atoms with Crippen LogP contribution in [-0.4, -0.2) is 65.0 Å². The first-order valence-corrected chi connectivity index (χ1v) is 10.1. The number of carbonyl (C=O) groups is 1. The predicted octanol–water partition coefficient (Wildman–Crippen LogP) is 1.84. The lowest BCUT2D eigenvalue weighted by Crippen LogP contribution is -2.45. The fraction of sp³-hybridized carbons (Fsp3) is 0.600. The highest BCUT2D eigenvalue weighted by molar-refractivity contribution is 5.80. The second kappa shape index (κ2) is 8.61. The monoisotopic (exact) mass is 368 g/mol. The lowest BCUT2D eigenvalue weighted by Gasteiger charge is -2.33. The maximum absolute atomic E-state index is 12.6. The van der Waals surface area contributed by atoms with E-state index in [1.54, 1.807) is 12.4 Å². The Balaban J connectivity index is 1.32. The van der Waals surface area contributed by atoms with Crippen LogP contribution in [0.25, 0.3) is 11.2 Å². The van der Waals surface area contributed by atoms with Crippen molar-refractivity contribution >= 4 is 22.8 Å². The van der Waals surface area contributed by atoms with Crippen LogP contribution < -0.4 is 10.2 Å². The van der Waals surface area contributed by atoms with Crippen molar-refractivity contribution < 1.29 is 4.79 Å². The zero-order valence-corrected chi connectivity index (χ0v) is 15.8. The van der Waals surface area contributed by atoms with E-state index in [1.807, 2.05) is 12.3 Å². The van der Waals surface area contributed by atoms with Crippen molar-refractivity contribution in [2.24, 2.45) is 5.92 Å². The van der Waals surface area contributed by atoms with E-state index in [1.165, 1.54) is 32.4 Å². The first-order chi connectivity index (χ1) is 13.3. The van der Waals surface area contributed by atoms with Gasteiger partial charge in [-0.3, -0.25) is 9.78 Å². The van der Waals surface area contributed by atoms with Crippen molar-refractivity contribution in [3.8, 4) is 0 Å². The molecule has 144 valence electrons. The molecule has 2 aliphatic rings. The molecular weight excluding hydrogens is 340 g/mol. The SMILES string of the molecule is O=C(NCCN1CCCCC1)[C@H]1CCCN(c2cnc3nccnc3c2)C1. The summed E-state index contributed by atoms with van der Waals surface area (Å²) >= 11 is 0. The second-order valence-corrected chi connectivity index (χ2v) is 7.57. The first-order valence-electron chi connectivity index (χ1n) is 10.1. The van der Waals surface area contributed by atoms with Crippen LogP contribution in [0.3, 0.4) is 0 Å². The molecule has 2 aromatic rings. The van der Waals surface area contributed by atoms with Gasteiger partial charge in [0.05, 0.1) is 17.8 Å². The highest BCUT2D eigenvalue weighted by Gasteiger charge is 2.26. The number of pyridine rings is 1. The molecule has 7 heteroatoms. The number of piperidine rings is 2. The van der Waals surface area contributed by atoms with E-state index in [9.17, 15) is 4.79 Å². The van der Waals surface area contributed by atoms with Gasteiger partial charge >= 0.3 is 0 Å². The number of fused-ring (bicyclic) bond motifs is 1. The van der Waals surface area contributed by atoms with Gasteiger partial charge in [-0.2, -0.15) is 0 Å². The Bertz CT molecular complexity index is 776. The molecule has 7 nitrogen and oxygen atoms in total. The van der Waals surface area contributed by atoms with E-state index >= 15 is 0 Å². The van der Waals surface area contributed by atoms with Gasteiger partial charge < -0.3 is 15.1 Å². The molecule has 0 spiro atoms. The van der Waals surface area contributed by atoms with E-state index in [-0.39, 0.29) is 11.8 Å². The molecule has 1 atom stereocenters. The molecule has 0 aromatic carbocycles. The third kappa shape index (κ3) is 4.53. The largest absolute Gasteiger partial charge is 0.369 e. The van der Waals surface area contributed by atoms with Crippen LogP contribution in [0, 0.1) is 5.92 Å². The fourth-order valence-corrected chi connectivity index (χ4v) is 4.11. The molecule has 0 aliphatic carbocycles. The number of likely N-dealkylation sites (tertiary alicyclic amines) is 1. The van der Waals surface area contributed by atoms with Gasteiger partial charge in [0, 0.05) is 38.6 Å².